The first-order valence-electron chi connectivity index (χ1n) is 22.6. The third kappa shape index (κ3) is 6.65. The average molecular weight is 832 g/mol. The summed E-state index contributed by atoms with van der Waals surface area (Å²) in [4.78, 5) is 2.46. The highest BCUT2D eigenvalue weighted by Crippen LogP contribution is 2.57. The van der Waals surface area contributed by atoms with Gasteiger partial charge in [0.2, 0.25) is 0 Å². The van der Waals surface area contributed by atoms with Gasteiger partial charge in [0.25, 0.3) is 0 Å². The number of hydrogen-bond donors (Lipinski definition) is 0. The van der Waals surface area contributed by atoms with Crippen molar-refractivity contribution in [1.29, 1.82) is 0 Å². The van der Waals surface area contributed by atoms with Crippen LogP contribution in [0, 0.1) is 0 Å². The molecule has 0 amide bonds. The Kier molecular flexibility index (Phi) is 9.57. The average Bonchev–Trinajstić information content (AvgIpc) is 3.89. The maximum atomic E-state index is 6.41. The van der Waals surface area contributed by atoms with Gasteiger partial charge in [-0.1, -0.05) is 200 Å². The van der Waals surface area contributed by atoms with Gasteiger partial charge in [-0.3, -0.25) is 0 Å². The van der Waals surface area contributed by atoms with Crippen molar-refractivity contribution in [3.63, 3.8) is 0 Å². The molecule has 11 aromatic rings. The van der Waals surface area contributed by atoms with E-state index in [4.69, 9.17) is 4.42 Å². The fourth-order valence-corrected chi connectivity index (χ4v) is 10.6. The topological polar surface area (TPSA) is 16.4 Å². The van der Waals surface area contributed by atoms with Gasteiger partial charge in [0, 0.05) is 27.8 Å². The maximum Gasteiger partial charge on any atom is 0.135 e. The van der Waals surface area contributed by atoms with Gasteiger partial charge in [0.15, 0.2) is 0 Å². The number of benzene rings is 10. The Morgan fingerprint density at radius 2 is 0.800 bits per heavy atom. The molecule has 0 atom stereocenters. The fourth-order valence-electron chi connectivity index (χ4n) is 10.6. The van der Waals surface area contributed by atoms with Crippen molar-refractivity contribution in [2.24, 2.45) is 0 Å². The molecule has 308 valence electrons. The third-order valence-corrected chi connectivity index (χ3v) is 13.4. The molecule has 0 radical (unpaired) electrons. The number of para-hydroxylation sites is 1. The standard InChI is InChI=1S/C63H45NO/c1-5-19-44(20-6-1)39-46-23-13-14-28-53(46)54-36-33-50(41-47(54)40-45-21-7-2-8-22-45)64(51-35-38-62-58(42-51)57-30-16-18-32-61(57)65-62)52-34-37-56-55-29-15-17-31-59(55)63(60(56)43-52,48-24-9-3-10-25-48)49-26-11-4-12-27-49/h1-38,41-43H,39-40H2. The van der Waals surface area contributed by atoms with E-state index < -0.39 is 5.41 Å². The van der Waals surface area contributed by atoms with Crippen LogP contribution in [0.5, 0.6) is 0 Å². The van der Waals surface area contributed by atoms with Crippen LogP contribution in [0.2, 0.25) is 0 Å². The molecule has 0 spiro atoms. The van der Waals surface area contributed by atoms with Crippen LogP contribution in [0.4, 0.5) is 17.1 Å². The first-order chi connectivity index (χ1) is 32.2. The van der Waals surface area contributed by atoms with Gasteiger partial charge in [-0.2, -0.15) is 0 Å². The number of nitrogens with zero attached hydrogens (tertiary/aromatic N) is 1. The molecule has 10 aromatic carbocycles. The van der Waals surface area contributed by atoms with Crippen molar-refractivity contribution >= 4 is 39.0 Å². The Balaban J connectivity index is 1.10. The van der Waals surface area contributed by atoms with E-state index in [2.05, 4.69) is 248 Å². The van der Waals surface area contributed by atoms with E-state index in [-0.39, 0.29) is 0 Å². The zero-order valence-electron chi connectivity index (χ0n) is 35.9. The van der Waals surface area contributed by atoms with Crippen LogP contribution in [-0.4, -0.2) is 0 Å². The molecule has 1 aliphatic rings. The van der Waals surface area contributed by atoms with E-state index >= 15 is 0 Å². The van der Waals surface area contributed by atoms with E-state index in [1.54, 1.807) is 0 Å². The summed E-state index contributed by atoms with van der Waals surface area (Å²) in [6, 6.07) is 91.0. The van der Waals surface area contributed by atoms with Gasteiger partial charge < -0.3 is 9.32 Å². The summed E-state index contributed by atoms with van der Waals surface area (Å²) in [6.45, 7) is 0. The van der Waals surface area contributed by atoms with Gasteiger partial charge in [0.1, 0.15) is 11.2 Å². The van der Waals surface area contributed by atoms with Gasteiger partial charge in [-0.25, -0.2) is 0 Å². The van der Waals surface area contributed by atoms with E-state index in [0.29, 0.717) is 0 Å². The van der Waals surface area contributed by atoms with Crippen LogP contribution in [-0.2, 0) is 18.3 Å². The zero-order chi connectivity index (χ0) is 43.2. The molecule has 1 aliphatic carbocycles. The van der Waals surface area contributed by atoms with E-state index in [1.807, 2.05) is 6.07 Å². The number of anilines is 3. The first kappa shape index (κ1) is 38.5. The molecule has 0 unspecified atom stereocenters. The molecule has 2 nitrogen and oxygen atoms in total. The lowest BCUT2D eigenvalue weighted by Gasteiger charge is -2.35. The normalized spacial score (nSPS) is 12.6. The highest BCUT2D eigenvalue weighted by atomic mass is 16.3. The lowest BCUT2D eigenvalue weighted by atomic mass is 9.67. The summed E-state index contributed by atoms with van der Waals surface area (Å²) < 4.78 is 6.41. The molecule has 0 bridgehead atoms. The van der Waals surface area contributed by atoms with Crippen LogP contribution in [0.1, 0.15) is 44.5 Å². The van der Waals surface area contributed by atoms with Crippen molar-refractivity contribution in [3.8, 4) is 22.3 Å². The summed E-state index contributed by atoms with van der Waals surface area (Å²) in [5.74, 6) is 0. The molecule has 65 heavy (non-hydrogen) atoms. The molecule has 2 heteroatoms. The second kappa shape index (κ2) is 16.2. The zero-order valence-corrected chi connectivity index (χ0v) is 35.9. The van der Waals surface area contributed by atoms with Crippen LogP contribution in [0.15, 0.2) is 253 Å². The Bertz CT molecular complexity index is 3440. The lowest BCUT2D eigenvalue weighted by molar-refractivity contribution is 0.669. The minimum atomic E-state index is -0.536. The summed E-state index contributed by atoms with van der Waals surface area (Å²) in [5.41, 5.74) is 19.7. The van der Waals surface area contributed by atoms with Crippen LogP contribution < -0.4 is 4.90 Å². The van der Waals surface area contributed by atoms with Gasteiger partial charge >= 0.3 is 0 Å². The molecule has 0 saturated carbocycles. The van der Waals surface area contributed by atoms with Gasteiger partial charge in [0.05, 0.1) is 5.41 Å². The van der Waals surface area contributed by atoms with E-state index in [0.717, 1.165) is 51.8 Å². The quantitative estimate of drug-likeness (QED) is 0.136. The molecule has 0 saturated heterocycles. The van der Waals surface area contributed by atoms with Crippen molar-refractivity contribution in [1.82, 2.24) is 0 Å². The summed E-state index contributed by atoms with van der Waals surface area (Å²) in [7, 11) is 0. The van der Waals surface area contributed by atoms with Gasteiger partial charge in [-0.05, 0) is 128 Å². The second-order valence-electron chi connectivity index (χ2n) is 17.2. The number of fused-ring (bicyclic) bond motifs is 6. The van der Waals surface area contributed by atoms with Crippen molar-refractivity contribution in [2.75, 3.05) is 4.90 Å². The summed E-state index contributed by atoms with van der Waals surface area (Å²) >= 11 is 0. The van der Waals surface area contributed by atoms with Crippen LogP contribution >= 0.6 is 0 Å². The van der Waals surface area contributed by atoms with E-state index in [1.165, 1.54) is 66.8 Å². The minimum Gasteiger partial charge on any atom is -0.456 e. The number of furan rings is 1. The minimum absolute atomic E-state index is 0.536. The predicted octanol–water partition coefficient (Wildman–Crippen LogP) is 16.3. The van der Waals surface area contributed by atoms with Crippen LogP contribution in [0.25, 0.3) is 44.2 Å². The maximum absolute atomic E-state index is 6.41. The fraction of sp³-hybridized carbons (Fsp3) is 0.0476. The Hall–Kier alpha value is -8.20. The van der Waals surface area contributed by atoms with E-state index in [9.17, 15) is 0 Å². The van der Waals surface area contributed by atoms with Crippen molar-refractivity contribution in [3.05, 3.63) is 293 Å². The molecule has 0 N–H and O–H groups in total. The van der Waals surface area contributed by atoms with Crippen molar-refractivity contribution < 1.29 is 4.42 Å². The van der Waals surface area contributed by atoms with Crippen LogP contribution in [0.3, 0.4) is 0 Å². The Morgan fingerprint density at radius 1 is 0.323 bits per heavy atom. The second-order valence-corrected chi connectivity index (χ2v) is 17.2. The largest absolute Gasteiger partial charge is 0.456 e. The number of hydrogen-bond acceptors (Lipinski definition) is 2. The highest BCUT2D eigenvalue weighted by Gasteiger charge is 2.46. The molecule has 12 rings (SSSR count). The van der Waals surface area contributed by atoms with Gasteiger partial charge in [-0.15, -0.1) is 0 Å². The molecular weight excluding hydrogens is 787 g/mol. The van der Waals surface area contributed by atoms with Crippen molar-refractivity contribution in [2.45, 2.75) is 18.3 Å². The summed E-state index contributed by atoms with van der Waals surface area (Å²) in [6.07, 6.45) is 1.64. The smallest absolute Gasteiger partial charge is 0.135 e. The summed E-state index contributed by atoms with van der Waals surface area (Å²) in [5, 5.41) is 2.20. The predicted molar refractivity (Wildman–Crippen MR) is 270 cm³/mol. The Labute approximate surface area is 380 Å². The monoisotopic (exact) mass is 831 g/mol. The highest BCUT2D eigenvalue weighted by molar-refractivity contribution is 6.06. The molecule has 1 heterocycles. The number of rotatable bonds is 10. The molecule has 0 aliphatic heterocycles. The SMILES string of the molecule is c1ccc(Cc2ccccc2-c2ccc(N(c3ccc4c(c3)C(c3ccccc3)(c3ccccc3)c3ccccc3-4)c3ccc4oc5ccccc5c4c3)cc2Cc2ccccc2)cc1. The molecule has 1 aromatic heterocycles. The molecule has 0 fully saturated rings. The third-order valence-electron chi connectivity index (χ3n) is 13.4. The Morgan fingerprint density at radius 3 is 1.51 bits per heavy atom. The first-order valence-corrected chi connectivity index (χ1v) is 22.6. The molecular formula is C63H45NO. The lowest BCUT2D eigenvalue weighted by Crippen LogP contribution is -2.28.